The third kappa shape index (κ3) is 6.65. The standard InChI is InChI=1S/C20H28N6O6S/c27-17(16-9-14-32-25-16)24-20(18(28)29,26-33(30,31)15-7-3-1-4-8-15)10-5-2-6-11-21-19-22-12-13-23-19/h1,3-4,7-8,26H,2,5-6,9-14H2,(H,24,27)(H,28,29)(H2,21,22,23). The van der Waals surface area contributed by atoms with Crippen LogP contribution < -0.4 is 20.7 Å². The third-order valence-electron chi connectivity index (χ3n) is 5.12. The molecule has 1 aromatic carbocycles. The zero-order chi connectivity index (χ0) is 23.7. The van der Waals surface area contributed by atoms with Crippen molar-refractivity contribution in [2.75, 3.05) is 26.2 Å². The number of nitrogens with one attached hydrogen (secondary N) is 4. The molecule has 0 radical (unpaired) electrons. The number of guanidine groups is 1. The number of benzene rings is 1. The summed E-state index contributed by atoms with van der Waals surface area (Å²) in [6.07, 6.45) is 1.69. The van der Waals surface area contributed by atoms with Crippen LogP contribution in [-0.4, -0.2) is 69.0 Å². The van der Waals surface area contributed by atoms with Gasteiger partial charge in [0.1, 0.15) is 12.3 Å². The van der Waals surface area contributed by atoms with Gasteiger partial charge in [0.15, 0.2) is 5.96 Å². The fourth-order valence-corrected chi connectivity index (χ4v) is 4.71. The molecule has 13 heteroatoms. The number of hydrogen-bond donors (Lipinski definition) is 5. The summed E-state index contributed by atoms with van der Waals surface area (Å²) in [5, 5.41) is 22.2. The Morgan fingerprint density at radius 2 is 1.97 bits per heavy atom. The number of rotatable bonds is 12. The molecule has 0 spiro atoms. The predicted octanol–water partition coefficient (Wildman–Crippen LogP) is -0.252. The van der Waals surface area contributed by atoms with Gasteiger partial charge in [-0.25, -0.2) is 13.2 Å². The van der Waals surface area contributed by atoms with Crippen LogP contribution in [0.5, 0.6) is 0 Å². The maximum atomic E-state index is 12.9. The van der Waals surface area contributed by atoms with Crippen LogP contribution in [0, 0.1) is 0 Å². The summed E-state index contributed by atoms with van der Waals surface area (Å²) in [4.78, 5) is 33.9. The van der Waals surface area contributed by atoms with Crippen LogP contribution in [0.4, 0.5) is 0 Å². The topological polar surface area (TPSA) is 171 Å². The first-order valence-corrected chi connectivity index (χ1v) is 12.2. The Morgan fingerprint density at radius 3 is 2.61 bits per heavy atom. The van der Waals surface area contributed by atoms with E-state index >= 15 is 0 Å². The molecule has 0 aliphatic carbocycles. The lowest BCUT2D eigenvalue weighted by Gasteiger charge is -2.31. The second kappa shape index (κ2) is 11.1. The highest BCUT2D eigenvalue weighted by molar-refractivity contribution is 7.89. The first kappa shape index (κ1) is 24.5. The van der Waals surface area contributed by atoms with Crippen molar-refractivity contribution in [1.82, 2.24) is 20.7 Å². The maximum absolute atomic E-state index is 12.9. The minimum absolute atomic E-state index is 0.00794. The van der Waals surface area contributed by atoms with Gasteiger partial charge in [-0.05, 0) is 31.4 Å². The summed E-state index contributed by atoms with van der Waals surface area (Å²) in [7, 11) is -4.24. The van der Waals surface area contributed by atoms with Gasteiger partial charge in [0.05, 0.1) is 11.4 Å². The van der Waals surface area contributed by atoms with Gasteiger partial charge in [-0.15, -0.1) is 0 Å². The molecule has 2 aliphatic heterocycles. The first-order chi connectivity index (χ1) is 15.8. The van der Waals surface area contributed by atoms with Crippen LogP contribution in [-0.2, 0) is 24.4 Å². The molecule has 2 aliphatic rings. The van der Waals surface area contributed by atoms with Gasteiger partial charge in [-0.1, -0.05) is 29.8 Å². The number of carboxylic acids is 1. The zero-order valence-electron chi connectivity index (χ0n) is 18.0. The normalized spacial score (nSPS) is 17.2. The molecule has 3 rings (SSSR count). The number of oxime groups is 1. The Balaban J connectivity index is 1.70. The Labute approximate surface area is 191 Å². The van der Waals surface area contributed by atoms with Crippen LogP contribution in [0.25, 0.3) is 0 Å². The summed E-state index contributed by atoms with van der Waals surface area (Å²) in [6, 6.07) is 7.38. The van der Waals surface area contributed by atoms with Gasteiger partial charge in [0.25, 0.3) is 5.91 Å². The van der Waals surface area contributed by atoms with Crippen LogP contribution >= 0.6 is 0 Å². The molecule has 1 unspecified atom stereocenters. The lowest BCUT2D eigenvalue weighted by atomic mass is 10.0. The second-order valence-electron chi connectivity index (χ2n) is 7.60. The van der Waals surface area contributed by atoms with E-state index in [1.807, 2.05) is 0 Å². The summed E-state index contributed by atoms with van der Waals surface area (Å²) in [6.45, 7) is 2.34. The largest absolute Gasteiger partial charge is 0.478 e. The van der Waals surface area contributed by atoms with Crippen molar-refractivity contribution in [3.63, 3.8) is 0 Å². The number of hydrogen-bond acceptors (Lipinski definition) is 9. The Hall–Kier alpha value is -3.19. The Bertz CT molecular complexity index is 1010. The molecule has 0 saturated heterocycles. The van der Waals surface area contributed by atoms with Crippen LogP contribution in [0.3, 0.4) is 0 Å². The van der Waals surface area contributed by atoms with Crippen molar-refractivity contribution in [2.45, 2.75) is 42.7 Å². The quantitative estimate of drug-likeness (QED) is 0.201. The number of unbranched alkanes of at least 4 members (excludes halogenated alkanes) is 2. The van der Waals surface area contributed by atoms with Crippen LogP contribution in [0.2, 0.25) is 0 Å². The van der Waals surface area contributed by atoms with Gasteiger partial charge in [0, 0.05) is 19.5 Å². The van der Waals surface area contributed by atoms with E-state index in [9.17, 15) is 23.1 Å². The summed E-state index contributed by atoms with van der Waals surface area (Å²) in [5.41, 5.74) is -2.24. The highest BCUT2D eigenvalue weighted by atomic mass is 32.2. The predicted molar refractivity (Wildman–Crippen MR) is 120 cm³/mol. The van der Waals surface area contributed by atoms with Crippen molar-refractivity contribution in [2.24, 2.45) is 10.1 Å². The molecule has 1 atom stereocenters. The van der Waals surface area contributed by atoms with E-state index in [-0.39, 0.29) is 30.1 Å². The average Bonchev–Trinajstić information content (AvgIpc) is 3.50. The van der Waals surface area contributed by atoms with Crippen molar-refractivity contribution in [3.8, 4) is 0 Å². The van der Waals surface area contributed by atoms with E-state index in [0.717, 1.165) is 19.0 Å². The average molecular weight is 481 g/mol. The van der Waals surface area contributed by atoms with E-state index < -0.39 is 27.6 Å². The number of aliphatic carboxylic acids is 1. The molecule has 33 heavy (non-hydrogen) atoms. The molecule has 0 aromatic heterocycles. The summed E-state index contributed by atoms with van der Waals surface area (Å²) in [5.74, 6) is -1.58. The summed E-state index contributed by atoms with van der Waals surface area (Å²) >= 11 is 0. The van der Waals surface area contributed by atoms with Gasteiger partial charge in [-0.3, -0.25) is 9.79 Å². The number of amides is 1. The van der Waals surface area contributed by atoms with Crippen LogP contribution in [0.1, 0.15) is 32.1 Å². The van der Waals surface area contributed by atoms with Crippen molar-refractivity contribution in [1.29, 1.82) is 0 Å². The van der Waals surface area contributed by atoms with Gasteiger partial charge in [-0.2, -0.15) is 4.72 Å². The van der Waals surface area contributed by atoms with E-state index in [1.54, 1.807) is 6.07 Å². The molecular weight excluding hydrogens is 452 g/mol. The fourth-order valence-electron chi connectivity index (χ4n) is 3.38. The number of carbonyl (C=O) groups is 2. The van der Waals surface area contributed by atoms with Crippen molar-refractivity contribution in [3.05, 3.63) is 30.3 Å². The lowest BCUT2D eigenvalue weighted by molar-refractivity contribution is -0.148. The van der Waals surface area contributed by atoms with E-state index in [2.05, 4.69) is 30.8 Å². The molecule has 180 valence electrons. The number of aliphatic imine (C=N–C) groups is 1. The van der Waals surface area contributed by atoms with Crippen molar-refractivity contribution >= 4 is 33.6 Å². The SMILES string of the molecule is O=C(NC(CCCCCNC1=NCCN1)(NS(=O)(=O)c1ccccc1)C(=O)O)C1=NOCC1. The Kier molecular flexibility index (Phi) is 8.22. The number of carboxylic acid groups (broad SMARTS) is 1. The Morgan fingerprint density at radius 1 is 1.18 bits per heavy atom. The second-order valence-corrected chi connectivity index (χ2v) is 9.28. The number of carbonyl (C=O) groups excluding carboxylic acids is 1. The smallest absolute Gasteiger partial charge is 0.345 e. The minimum Gasteiger partial charge on any atom is -0.478 e. The first-order valence-electron chi connectivity index (χ1n) is 10.7. The molecule has 12 nitrogen and oxygen atoms in total. The monoisotopic (exact) mass is 480 g/mol. The maximum Gasteiger partial charge on any atom is 0.345 e. The fraction of sp³-hybridized carbons (Fsp3) is 0.500. The van der Waals surface area contributed by atoms with E-state index in [0.29, 0.717) is 25.8 Å². The van der Waals surface area contributed by atoms with Gasteiger partial charge < -0.3 is 25.9 Å². The number of nitrogens with zero attached hydrogens (tertiary/aromatic N) is 2. The molecule has 0 saturated carbocycles. The van der Waals surface area contributed by atoms with E-state index in [4.69, 9.17) is 4.84 Å². The zero-order valence-corrected chi connectivity index (χ0v) is 18.9. The van der Waals surface area contributed by atoms with Gasteiger partial charge in [0.2, 0.25) is 15.7 Å². The minimum atomic E-state index is -4.24. The molecule has 2 heterocycles. The molecule has 0 fully saturated rings. The third-order valence-corrected chi connectivity index (χ3v) is 6.63. The highest BCUT2D eigenvalue weighted by Gasteiger charge is 2.44. The molecule has 5 N–H and O–H groups in total. The van der Waals surface area contributed by atoms with E-state index in [1.165, 1.54) is 24.3 Å². The van der Waals surface area contributed by atoms with Crippen LogP contribution in [0.15, 0.2) is 45.4 Å². The molecular formula is C20H28N6O6S. The summed E-state index contributed by atoms with van der Waals surface area (Å²) < 4.78 is 28.1. The lowest BCUT2D eigenvalue weighted by Crippen LogP contribution is -2.66. The van der Waals surface area contributed by atoms with Crippen molar-refractivity contribution < 1.29 is 28.0 Å². The molecule has 1 aromatic rings. The molecule has 0 bridgehead atoms. The van der Waals surface area contributed by atoms with Gasteiger partial charge >= 0.3 is 5.97 Å². The molecule has 1 amide bonds. The number of sulfonamides is 1. The highest BCUT2D eigenvalue weighted by Crippen LogP contribution is 2.19.